The van der Waals surface area contributed by atoms with E-state index in [1.807, 2.05) is 45.0 Å². The summed E-state index contributed by atoms with van der Waals surface area (Å²) in [7, 11) is 0. The van der Waals surface area contributed by atoms with Crippen molar-refractivity contribution in [3.8, 4) is 0 Å². The molecule has 21 heavy (non-hydrogen) atoms. The van der Waals surface area contributed by atoms with E-state index >= 15 is 0 Å². The number of aromatic nitrogens is 1. The first kappa shape index (κ1) is 15.4. The smallest absolute Gasteiger partial charge is 0.418 e. The predicted molar refractivity (Wildman–Crippen MR) is 86.8 cm³/mol. The van der Waals surface area contributed by atoms with Crippen molar-refractivity contribution in [3.05, 3.63) is 48.7 Å². The van der Waals surface area contributed by atoms with Crippen molar-refractivity contribution >= 4 is 17.0 Å². The maximum absolute atomic E-state index is 12.2. The largest absolute Gasteiger partial charge is 0.443 e. The molecule has 1 aromatic heterocycles. The third-order valence-corrected chi connectivity index (χ3v) is 3.53. The minimum absolute atomic E-state index is 0.0950. The van der Waals surface area contributed by atoms with Crippen LogP contribution in [0.4, 0.5) is 4.79 Å². The van der Waals surface area contributed by atoms with Gasteiger partial charge in [0, 0.05) is 17.0 Å². The van der Waals surface area contributed by atoms with Gasteiger partial charge in [0.15, 0.2) is 0 Å². The van der Waals surface area contributed by atoms with Crippen LogP contribution < -0.4 is 0 Å². The molecular weight excluding hydrogens is 262 g/mol. The fourth-order valence-corrected chi connectivity index (χ4v) is 2.13. The fraction of sp³-hybridized carbons (Fsp3) is 0.389. The molecule has 0 N–H and O–H groups in total. The van der Waals surface area contributed by atoms with E-state index in [4.69, 9.17) is 4.74 Å². The summed E-state index contributed by atoms with van der Waals surface area (Å²) >= 11 is 0. The highest BCUT2D eigenvalue weighted by Crippen LogP contribution is 2.28. The van der Waals surface area contributed by atoms with Gasteiger partial charge in [-0.15, -0.1) is 6.58 Å². The summed E-state index contributed by atoms with van der Waals surface area (Å²) in [6, 6.07) is 8.02. The van der Waals surface area contributed by atoms with E-state index in [1.165, 1.54) is 5.56 Å². The van der Waals surface area contributed by atoms with Crippen LogP contribution in [-0.4, -0.2) is 16.3 Å². The molecule has 0 aliphatic heterocycles. The molecule has 0 fully saturated rings. The Morgan fingerprint density at radius 1 is 1.19 bits per heavy atom. The maximum Gasteiger partial charge on any atom is 0.418 e. The predicted octanol–water partition coefficient (Wildman–Crippen LogP) is 4.89. The Bertz CT molecular complexity index is 687. The summed E-state index contributed by atoms with van der Waals surface area (Å²) in [5.74, 6) is 0. The third-order valence-electron chi connectivity index (χ3n) is 3.53. The number of hydrogen-bond acceptors (Lipinski definition) is 2. The lowest BCUT2D eigenvalue weighted by atomic mass is 9.84. The monoisotopic (exact) mass is 285 g/mol. The van der Waals surface area contributed by atoms with Gasteiger partial charge in [-0.3, -0.25) is 4.57 Å². The molecule has 0 bridgehead atoms. The Morgan fingerprint density at radius 2 is 1.86 bits per heavy atom. The molecule has 1 aromatic carbocycles. The zero-order valence-corrected chi connectivity index (χ0v) is 13.4. The summed E-state index contributed by atoms with van der Waals surface area (Å²) in [6.07, 6.45) is 3.33. The fourth-order valence-electron chi connectivity index (χ4n) is 2.13. The lowest BCUT2D eigenvalue weighted by molar-refractivity contribution is 0.0544. The standard InChI is InChI=1S/C18H23NO2/c1-7-18(5,6)14-8-9-15-13(12-14)10-11-19(15)16(20)21-17(2,3)4/h7-12H,1H2,2-6H3. The Kier molecular flexibility index (Phi) is 3.70. The number of benzene rings is 1. The molecule has 0 atom stereocenters. The molecule has 0 saturated heterocycles. The quantitative estimate of drug-likeness (QED) is 0.736. The molecule has 112 valence electrons. The molecule has 1 heterocycles. The lowest BCUT2D eigenvalue weighted by Gasteiger charge is -2.21. The molecule has 0 saturated carbocycles. The van der Waals surface area contributed by atoms with Crippen molar-refractivity contribution < 1.29 is 9.53 Å². The number of ether oxygens (including phenoxy) is 1. The minimum Gasteiger partial charge on any atom is -0.443 e. The number of hydrogen-bond donors (Lipinski definition) is 0. The van der Waals surface area contributed by atoms with Gasteiger partial charge in [0.25, 0.3) is 0 Å². The zero-order chi connectivity index (χ0) is 15.8. The molecule has 2 rings (SSSR count). The normalized spacial score (nSPS) is 12.4. The highest BCUT2D eigenvalue weighted by atomic mass is 16.6. The van der Waals surface area contributed by atoms with Crippen LogP contribution in [0.5, 0.6) is 0 Å². The van der Waals surface area contributed by atoms with Gasteiger partial charge in [-0.2, -0.15) is 0 Å². The van der Waals surface area contributed by atoms with Crippen molar-refractivity contribution in [2.24, 2.45) is 0 Å². The second-order valence-electron chi connectivity index (χ2n) is 6.87. The number of carbonyl (C=O) groups is 1. The van der Waals surface area contributed by atoms with E-state index in [2.05, 4.69) is 26.5 Å². The van der Waals surface area contributed by atoms with E-state index in [1.54, 1.807) is 10.8 Å². The summed E-state index contributed by atoms with van der Waals surface area (Å²) < 4.78 is 6.96. The van der Waals surface area contributed by atoms with Gasteiger partial charge < -0.3 is 4.74 Å². The number of fused-ring (bicyclic) bond motifs is 1. The molecule has 0 spiro atoms. The summed E-state index contributed by atoms with van der Waals surface area (Å²) in [6.45, 7) is 13.7. The SMILES string of the molecule is C=CC(C)(C)c1ccc2c(ccn2C(=O)OC(C)(C)C)c1. The first-order valence-electron chi connectivity index (χ1n) is 7.12. The highest BCUT2D eigenvalue weighted by Gasteiger charge is 2.20. The van der Waals surface area contributed by atoms with Crippen LogP contribution in [0.15, 0.2) is 43.1 Å². The molecule has 0 amide bonds. The van der Waals surface area contributed by atoms with Crippen LogP contribution in [0.3, 0.4) is 0 Å². The third kappa shape index (κ3) is 3.18. The molecule has 0 radical (unpaired) electrons. The molecule has 2 aromatic rings. The van der Waals surface area contributed by atoms with Gasteiger partial charge in [-0.05, 0) is 44.5 Å². The average molecular weight is 285 g/mol. The van der Waals surface area contributed by atoms with E-state index in [0.717, 1.165) is 10.9 Å². The van der Waals surface area contributed by atoms with Crippen molar-refractivity contribution in [2.45, 2.75) is 45.6 Å². The topological polar surface area (TPSA) is 31.2 Å². The van der Waals surface area contributed by atoms with Gasteiger partial charge in [-0.1, -0.05) is 26.0 Å². The van der Waals surface area contributed by atoms with Crippen LogP contribution in [0.1, 0.15) is 40.2 Å². The highest BCUT2D eigenvalue weighted by molar-refractivity contribution is 5.90. The van der Waals surface area contributed by atoms with E-state index in [-0.39, 0.29) is 11.5 Å². The average Bonchev–Trinajstić information content (AvgIpc) is 2.79. The second-order valence-corrected chi connectivity index (χ2v) is 6.87. The molecule has 3 heteroatoms. The van der Waals surface area contributed by atoms with Crippen LogP contribution >= 0.6 is 0 Å². The summed E-state index contributed by atoms with van der Waals surface area (Å²) in [4.78, 5) is 12.2. The van der Waals surface area contributed by atoms with E-state index in [0.29, 0.717) is 0 Å². The van der Waals surface area contributed by atoms with E-state index in [9.17, 15) is 4.79 Å². The first-order chi connectivity index (χ1) is 9.64. The van der Waals surface area contributed by atoms with Crippen LogP contribution in [0.25, 0.3) is 10.9 Å². The molecule has 0 aliphatic rings. The minimum atomic E-state index is -0.502. The number of rotatable bonds is 2. The Labute approximate surface area is 126 Å². The van der Waals surface area contributed by atoms with Gasteiger partial charge in [-0.25, -0.2) is 4.79 Å². The Balaban J connectivity index is 2.42. The van der Waals surface area contributed by atoms with Crippen molar-refractivity contribution in [1.29, 1.82) is 0 Å². The molecule has 0 unspecified atom stereocenters. The first-order valence-corrected chi connectivity index (χ1v) is 7.12. The van der Waals surface area contributed by atoms with Crippen molar-refractivity contribution in [3.63, 3.8) is 0 Å². The van der Waals surface area contributed by atoms with Crippen LogP contribution in [0.2, 0.25) is 0 Å². The Morgan fingerprint density at radius 3 is 2.43 bits per heavy atom. The van der Waals surface area contributed by atoms with Gasteiger partial charge >= 0.3 is 6.09 Å². The second kappa shape index (κ2) is 5.06. The van der Waals surface area contributed by atoms with Gasteiger partial charge in [0.2, 0.25) is 0 Å². The van der Waals surface area contributed by atoms with Crippen LogP contribution in [-0.2, 0) is 10.2 Å². The number of carbonyl (C=O) groups excluding carboxylic acids is 1. The lowest BCUT2D eigenvalue weighted by Crippen LogP contribution is -2.26. The van der Waals surface area contributed by atoms with Crippen LogP contribution in [0, 0.1) is 0 Å². The van der Waals surface area contributed by atoms with Crippen molar-refractivity contribution in [1.82, 2.24) is 4.57 Å². The number of nitrogens with zero attached hydrogens (tertiary/aromatic N) is 1. The van der Waals surface area contributed by atoms with Gasteiger partial charge in [0.05, 0.1) is 5.52 Å². The molecule has 0 aliphatic carbocycles. The molecular formula is C18H23NO2. The van der Waals surface area contributed by atoms with E-state index < -0.39 is 5.60 Å². The zero-order valence-electron chi connectivity index (χ0n) is 13.4. The maximum atomic E-state index is 12.2. The van der Waals surface area contributed by atoms with Gasteiger partial charge in [0.1, 0.15) is 5.60 Å². The Hall–Kier alpha value is -2.03. The number of allylic oxidation sites excluding steroid dienone is 1. The molecule has 3 nitrogen and oxygen atoms in total. The summed E-state index contributed by atoms with van der Waals surface area (Å²) in [5.41, 5.74) is 1.43. The van der Waals surface area contributed by atoms with Crippen molar-refractivity contribution in [2.75, 3.05) is 0 Å². The summed E-state index contributed by atoms with van der Waals surface area (Å²) in [5, 5.41) is 1.02.